The predicted molar refractivity (Wildman–Crippen MR) is 93.8 cm³/mol. The number of hydrogen-bond donors (Lipinski definition) is 1. The van der Waals surface area contributed by atoms with Gasteiger partial charge in [0.25, 0.3) is 5.56 Å². The van der Waals surface area contributed by atoms with Gasteiger partial charge in [0.05, 0.1) is 17.5 Å². The van der Waals surface area contributed by atoms with Gasteiger partial charge in [0.1, 0.15) is 11.6 Å². The third-order valence-electron chi connectivity index (χ3n) is 3.23. The van der Waals surface area contributed by atoms with Crippen LogP contribution in [0.15, 0.2) is 52.4 Å². The van der Waals surface area contributed by atoms with Gasteiger partial charge in [-0.25, -0.2) is 14.1 Å². The molecule has 0 bridgehead atoms. The molecule has 0 spiro atoms. The van der Waals surface area contributed by atoms with Gasteiger partial charge in [0.15, 0.2) is 5.16 Å². The smallest absolute Gasteiger partial charge is 0.280 e. The molecule has 0 aliphatic carbocycles. The highest BCUT2D eigenvalue weighted by Gasteiger charge is 2.10. The molecule has 5 nitrogen and oxygen atoms in total. The standard InChI is InChI=1S/C16H13ClFN3O2S/c17-10-1-6-13-14(9-10)20-16(21(19)15(13)22)24-8-7-23-12-4-2-11(18)3-5-12/h1-6,9H,7-8,19H2. The van der Waals surface area contributed by atoms with Crippen LogP contribution in [0.25, 0.3) is 10.9 Å². The average Bonchev–Trinajstić information content (AvgIpc) is 2.57. The van der Waals surface area contributed by atoms with Crippen molar-refractivity contribution < 1.29 is 9.13 Å². The van der Waals surface area contributed by atoms with E-state index in [1.165, 1.54) is 23.9 Å². The summed E-state index contributed by atoms with van der Waals surface area (Å²) >= 11 is 7.22. The third kappa shape index (κ3) is 3.63. The molecule has 0 fully saturated rings. The highest BCUT2D eigenvalue weighted by Crippen LogP contribution is 2.19. The van der Waals surface area contributed by atoms with Gasteiger partial charge in [-0.15, -0.1) is 0 Å². The van der Waals surface area contributed by atoms with Crippen molar-refractivity contribution in [2.75, 3.05) is 18.2 Å². The van der Waals surface area contributed by atoms with Crippen LogP contribution in [0.1, 0.15) is 0 Å². The van der Waals surface area contributed by atoms with Crippen molar-refractivity contribution in [2.45, 2.75) is 5.16 Å². The fraction of sp³-hybridized carbons (Fsp3) is 0.125. The number of benzene rings is 2. The molecule has 0 aliphatic rings. The summed E-state index contributed by atoms with van der Waals surface area (Å²) in [7, 11) is 0. The molecule has 0 aliphatic heterocycles. The second-order valence-electron chi connectivity index (χ2n) is 4.88. The Balaban J connectivity index is 1.69. The number of fused-ring (bicyclic) bond motifs is 1. The van der Waals surface area contributed by atoms with Crippen LogP contribution in [-0.4, -0.2) is 22.0 Å². The van der Waals surface area contributed by atoms with Gasteiger partial charge in [0, 0.05) is 10.8 Å². The molecule has 3 aromatic rings. The fourth-order valence-electron chi connectivity index (χ4n) is 2.08. The molecule has 3 rings (SSSR count). The van der Waals surface area contributed by atoms with Crippen molar-refractivity contribution in [1.29, 1.82) is 0 Å². The molecule has 8 heteroatoms. The summed E-state index contributed by atoms with van der Waals surface area (Å²) in [6, 6.07) is 10.6. The summed E-state index contributed by atoms with van der Waals surface area (Å²) < 4.78 is 19.3. The van der Waals surface area contributed by atoms with Crippen LogP contribution in [0.5, 0.6) is 5.75 Å². The van der Waals surface area contributed by atoms with Crippen LogP contribution in [0.4, 0.5) is 4.39 Å². The van der Waals surface area contributed by atoms with E-state index in [1.807, 2.05) is 0 Å². The molecule has 0 saturated heterocycles. The molecule has 0 saturated carbocycles. The minimum Gasteiger partial charge on any atom is -0.493 e. The number of nitrogens with zero attached hydrogens (tertiary/aromatic N) is 2. The van der Waals surface area contributed by atoms with Gasteiger partial charge in [-0.05, 0) is 42.5 Å². The maximum absolute atomic E-state index is 12.8. The maximum Gasteiger partial charge on any atom is 0.280 e. The molecule has 0 radical (unpaired) electrons. The van der Waals surface area contributed by atoms with Crippen molar-refractivity contribution in [3.63, 3.8) is 0 Å². The Morgan fingerprint density at radius 2 is 2.00 bits per heavy atom. The molecular formula is C16H13ClFN3O2S. The Hall–Kier alpha value is -2.25. The van der Waals surface area contributed by atoms with Gasteiger partial charge < -0.3 is 10.6 Å². The first-order valence-corrected chi connectivity index (χ1v) is 8.39. The first kappa shape index (κ1) is 16.6. The van der Waals surface area contributed by atoms with Crippen molar-refractivity contribution in [3.8, 4) is 5.75 Å². The number of halogens is 2. The lowest BCUT2D eigenvalue weighted by Crippen LogP contribution is -2.30. The van der Waals surface area contributed by atoms with Crippen molar-refractivity contribution in [3.05, 3.63) is 63.7 Å². The van der Waals surface area contributed by atoms with E-state index in [1.54, 1.807) is 30.3 Å². The second-order valence-corrected chi connectivity index (χ2v) is 6.38. The van der Waals surface area contributed by atoms with E-state index in [4.69, 9.17) is 22.2 Å². The Kier molecular flexibility index (Phi) is 4.92. The van der Waals surface area contributed by atoms with E-state index in [9.17, 15) is 9.18 Å². The van der Waals surface area contributed by atoms with E-state index < -0.39 is 0 Å². The lowest BCUT2D eigenvalue weighted by Gasteiger charge is -2.09. The van der Waals surface area contributed by atoms with E-state index in [0.717, 1.165) is 4.68 Å². The molecule has 0 unspecified atom stereocenters. The minimum absolute atomic E-state index is 0.317. The van der Waals surface area contributed by atoms with Crippen LogP contribution < -0.4 is 16.1 Å². The normalized spacial score (nSPS) is 10.9. The summed E-state index contributed by atoms with van der Waals surface area (Å²) in [6.07, 6.45) is 0. The molecule has 0 atom stereocenters. The summed E-state index contributed by atoms with van der Waals surface area (Å²) in [6.45, 7) is 0.361. The van der Waals surface area contributed by atoms with Crippen LogP contribution in [0.2, 0.25) is 5.02 Å². The molecule has 2 aromatic carbocycles. The summed E-state index contributed by atoms with van der Waals surface area (Å²) in [5, 5.41) is 1.28. The Morgan fingerprint density at radius 3 is 2.75 bits per heavy atom. The minimum atomic E-state index is -0.335. The monoisotopic (exact) mass is 365 g/mol. The van der Waals surface area contributed by atoms with Crippen molar-refractivity contribution in [1.82, 2.24) is 9.66 Å². The highest BCUT2D eigenvalue weighted by molar-refractivity contribution is 7.99. The fourth-order valence-corrected chi connectivity index (χ4v) is 2.98. The van der Waals surface area contributed by atoms with Crippen molar-refractivity contribution >= 4 is 34.3 Å². The first-order valence-electron chi connectivity index (χ1n) is 7.03. The quantitative estimate of drug-likeness (QED) is 0.325. The zero-order chi connectivity index (χ0) is 17.1. The maximum atomic E-state index is 12.8. The summed E-state index contributed by atoms with van der Waals surface area (Å²) in [5.41, 5.74) is 0.162. The highest BCUT2D eigenvalue weighted by atomic mass is 35.5. The van der Waals surface area contributed by atoms with E-state index in [0.29, 0.717) is 39.2 Å². The van der Waals surface area contributed by atoms with Crippen LogP contribution in [-0.2, 0) is 0 Å². The molecule has 0 amide bonds. The number of hydrogen-bond acceptors (Lipinski definition) is 5. The first-order chi connectivity index (χ1) is 11.5. The summed E-state index contributed by atoms with van der Waals surface area (Å²) in [5.74, 6) is 6.58. The van der Waals surface area contributed by atoms with Gasteiger partial charge in [0.2, 0.25) is 0 Å². The Bertz CT molecular complexity index is 931. The zero-order valence-electron chi connectivity index (χ0n) is 12.4. The van der Waals surface area contributed by atoms with Crippen molar-refractivity contribution in [2.24, 2.45) is 0 Å². The molecule has 1 aromatic heterocycles. The van der Waals surface area contributed by atoms with E-state index >= 15 is 0 Å². The Labute approximate surface area is 146 Å². The van der Waals surface area contributed by atoms with Gasteiger partial charge in [-0.2, -0.15) is 0 Å². The predicted octanol–water partition coefficient (Wildman–Crippen LogP) is 3.07. The van der Waals surface area contributed by atoms with Crippen LogP contribution in [0.3, 0.4) is 0 Å². The number of rotatable bonds is 5. The average molecular weight is 366 g/mol. The summed E-state index contributed by atoms with van der Waals surface area (Å²) in [4.78, 5) is 16.6. The van der Waals surface area contributed by atoms with E-state index in [2.05, 4.69) is 4.98 Å². The van der Waals surface area contributed by atoms with Crippen LogP contribution in [0, 0.1) is 5.82 Å². The number of aromatic nitrogens is 2. The van der Waals surface area contributed by atoms with Gasteiger partial charge >= 0.3 is 0 Å². The van der Waals surface area contributed by atoms with Gasteiger partial charge in [-0.3, -0.25) is 4.79 Å². The zero-order valence-corrected chi connectivity index (χ0v) is 14.0. The topological polar surface area (TPSA) is 70.1 Å². The number of thioether (sulfide) groups is 1. The largest absolute Gasteiger partial charge is 0.493 e. The number of nitrogens with two attached hydrogens (primary N) is 1. The lowest BCUT2D eigenvalue weighted by molar-refractivity contribution is 0.343. The van der Waals surface area contributed by atoms with Crippen LogP contribution >= 0.6 is 23.4 Å². The second kappa shape index (κ2) is 7.11. The van der Waals surface area contributed by atoms with Gasteiger partial charge in [-0.1, -0.05) is 23.4 Å². The third-order valence-corrected chi connectivity index (χ3v) is 4.38. The number of nitrogen functional groups attached to an aromatic ring is 1. The lowest BCUT2D eigenvalue weighted by atomic mass is 10.2. The molecule has 124 valence electrons. The van der Waals surface area contributed by atoms with E-state index in [-0.39, 0.29) is 11.4 Å². The molecule has 1 heterocycles. The Morgan fingerprint density at radius 1 is 1.25 bits per heavy atom. The molecule has 24 heavy (non-hydrogen) atoms. The molecular weight excluding hydrogens is 353 g/mol. The molecule has 2 N–H and O–H groups in total. The SMILES string of the molecule is Nn1c(SCCOc2ccc(F)cc2)nc2cc(Cl)ccc2c1=O. The number of ether oxygens (including phenoxy) is 1.